The molecule has 0 aromatic carbocycles. The van der Waals surface area contributed by atoms with E-state index < -0.39 is 470 Å². The number of hydrogen-bond donors (Lipinski definition) is 37. The molecule has 12 saturated heterocycles. The number of aliphatic hydroxyl groups excluding tert-OH is 32. The molecule has 12 aliphatic heterocycles. The van der Waals surface area contributed by atoms with Crippen LogP contribution in [-0.4, -0.2) is 634 Å². The Morgan fingerprint density at radius 1 is 0.190 bits per heavy atom. The van der Waals surface area contributed by atoms with E-state index in [9.17, 15) is 187 Å². The van der Waals surface area contributed by atoms with Gasteiger partial charge in [-0.3, -0.25) is 24.0 Å². The van der Waals surface area contributed by atoms with Crippen molar-refractivity contribution in [3.8, 4) is 0 Å². The molecule has 0 saturated carbocycles. The first-order chi connectivity index (χ1) is 69.5. The zero-order valence-electron chi connectivity index (χ0n) is 79.2. The summed E-state index contributed by atoms with van der Waals surface area (Å²) in [5, 5.41) is 375. The Morgan fingerprint density at radius 2 is 0.429 bits per heavy atom. The highest BCUT2D eigenvalue weighted by atomic mass is 16.8. The molecule has 12 heterocycles. The number of amides is 5. The summed E-state index contributed by atoms with van der Waals surface area (Å²) in [5.74, 6) is -5.13. The van der Waals surface area contributed by atoms with Crippen molar-refractivity contribution in [3.05, 3.63) is 0 Å². The summed E-state index contributed by atoms with van der Waals surface area (Å²) in [4.78, 5) is 66.3. The van der Waals surface area contributed by atoms with Crippen molar-refractivity contribution in [2.24, 2.45) is 0 Å². The average Bonchev–Trinajstić information content (AvgIpc) is 0.753. The summed E-state index contributed by atoms with van der Waals surface area (Å²) < 4.78 is 140. The molecule has 12 rings (SSSR count). The van der Waals surface area contributed by atoms with Crippen LogP contribution < -0.4 is 26.6 Å². The van der Waals surface area contributed by atoms with E-state index in [-0.39, 0.29) is 0 Å². The van der Waals surface area contributed by atoms with E-state index in [2.05, 4.69) is 26.6 Å². The second kappa shape index (κ2) is 52.8. The molecule has 0 aromatic heterocycles. The summed E-state index contributed by atoms with van der Waals surface area (Å²) in [6.07, 6.45) is -121. The summed E-state index contributed by atoms with van der Waals surface area (Å²) in [7, 11) is 0. The maximum atomic E-state index is 13.6. The number of aliphatic hydroxyl groups is 32. The number of carbonyl (C=O) groups is 5. The zero-order valence-corrected chi connectivity index (χ0v) is 79.2. The largest absolute Gasteiger partial charge is 0.394 e. The van der Waals surface area contributed by atoms with Gasteiger partial charge in [0.15, 0.2) is 75.5 Å². The smallest absolute Gasteiger partial charge is 0.217 e. The van der Waals surface area contributed by atoms with E-state index in [1.165, 1.54) is 6.92 Å². The zero-order chi connectivity index (χ0) is 108. The van der Waals surface area contributed by atoms with Crippen LogP contribution in [-0.2, 0) is 133 Å². The third-order valence-electron chi connectivity index (χ3n) is 27.0. The highest BCUT2D eigenvalue weighted by Gasteiger charge is 2.64. The Labute approximate surface area is 832 Å². The van der Waals surface area contributed by atoms with E-state index >= 15 is 0 Å². The predicted octanol–water partition coefficient (Wildman–Crippen LogP) is -25.4. The van der Waals surface area contributed by atoms with Crippen LogP contribution >= 0.6 is 0 Å². The molecule has 5 amide bonds. The van der Waals surface area contributed by atoms with Crippen LogP contribution in [0.1, 0.15) is 41.5 Å². The molecule has 0 bridgehead atoms. The van der Waals surface area contributed by atoms with Crippen LogP contribution in [0.3, 0.4) is 0 Å². The van der Waals surface area contributed by atoms with Gasteiger partial charge in [0.25, 0.3) is 0 Å². The SMILES string of the molecule is CC(=O)N[C@H]1[C@H](O[C@H]2[C@H](O)[C@@H](NC(C)=O)C(O)O[C@@H]2CO[C@@H]2O[C@@H](C)[C@@H](O)[C@@H](O)[C@@H]2O)O[C@H](CO)[C@@H](O[C@@H]2O[C@H](CO[C@H]3O[C@H](CO)[C@@H](O)[C@H](O)[C@@H]3O[C@@H]3O[C@H](CO)[C@@H](O[C@@H]4O[C@H](CO)[C@H](O)[C@H](O)[C@H]4O)[C@H](O)[C@H]3NC(C)=O)[C@@H](O[C@@H]3O[C@H](CO)[C@@H](O)[C@H](O)[C@H]3NC(C)=O)[C@H](O[C@H]3O[C@H](CO)[C@@H](O)[C@H](O)[C@@H]3O[C@@H]3O[C@H](CO)[C@@H](O[C@@H]4O[C@H](CO)[C@H](O)[C@H](O[C@H]5O[C@H](CO)[C@H](O)[C@H](O)[C@H]5O)[C@H]4O)[C@H](O)[C@H]3NC(C)=O)[C@@H]2O)[C@@H]1O. The molecule has 0 aliphatic carbocycles. The topological polar surface area (TPSA) is 1010 Å². The molecule has 147 heavy (non-hydrogen) atoms. The maximum absolute atomic E-state index is 13.6. The van der Waals surface area contributed by atoms with Gasteiger partial charge in [0.2, 0.25) is 29.5 Å². The van der Waals surface area contributed by atoms with Crippen molar-refractivity contribution in [1.82, 2.24) is 26.6 Å². The van der Waals surface area contributed by atoms with Crippen LogP contribution in [0.15, 0.2) is 0 Å². The van der Waals surface area contributed by atoms with Crippen LogP contribution in [0.2, 0.25) is 0 Å². The summed E-state index contributed by atoms with van der Waals surface area (Å²) in [6, 6.07) is -10.3. The van der Waals surface area contributed by atoms with Crippen LogP contribution in [0.4, 0.5) is 0 Å². The summed E-state index contributed by atoms with van der Waals surface area (Å²) in [6.45, 7) is -7.53. The van der Waals surface area contributed by atoms with Gasteiger partial charge in [-0.25, -0.2) is 0 Å². The number of hydrogen-bond acceptors (Lipinski definition) is 60. The van der Waals surface area contributed by atoms with Gasteiger partial charge in [-0.15, -0.1) is 0 Å². The summed E-state index contributed by atoms with van der Waals surface area (Å²) in [5.41, 5.74) is 0. The third kappa shape index (κ3) is 26.8. The van der Waals surface area contributed by atoms with Gasteiger partial charge >= 0.3 is 0 Å². The van der Waals surface area contributed by atoms with Gasteiger partial charge in [-0.05, 0) is 6.92 Å². The van der Waals surface area contributed by atoms with Crippen LogP contribution in [0, 0.1) is 0 Å². The van der Waals surface area contributed by atoms with Crippen molar-refractivity contribution < 1.29 is 296 Å². The molecule has 65 heteroatoms. The predicted molar refractivity (Wildman–Crippen MR) is 452 cm³/mol. The lowest BCUT2D eigenvalue weighted by molar-refractivity contribution is -0.409. The van der Waals surface area contributed by atoms with Gasteiger partial charge in [-0.1, -0.05) is 0 Å². The number of carbonyl (C=O) groups excluding carboxylic acids is 5. The summed E-state index contributed by atoms with van der Waals surface area (Å²) >= 11 is 0. The minimum absolute atomic E-state index is 0.851. The van der Waals surface area contributed by atoms with Crippen LogP contribution in [0.5, 0.6) is 0 Å². The van der Waals surface area contributed by atoms with Crippen molar-refractivity contribution in [1.29, 1.82) is 0 Å². The van der Waals surface area contributed by atoms with E-state index in [0.717, 1.165) is 34.6 Å². The van der Waals surface area contributed by atoms with Crippen molar-refractivity contribution in [2.75, 3.05) is 72.7 Å². The van der Waals surface area contributed by atoms with Crippen molar-refractivity contribution in [3.63, 3.8) is 0 Å². The standard InChI is InChI=1S/C82H137N5O60/c1-18-40(102)52(114)57(119)76(127-18)125-16-33-65(48(110)35(71(124)128-33)83-19(2)97)139-73-37(85-21(4)99)49(111)64(31(14-95)135-73)142-80-61(123)68(145-82-70(56(118)45(107)28(11-92)134-82)147-75-39(87-23(6)101)51(113)63(32(15-96)137-75)141-79-60(122)67(46(108)29(12-93)132-79)144-78-59(121)54(116)43(105)26(9-90)131-78)66(143-72-36(84-20(3)98)47(109)41(103)24(7-88)129-72)34(138-80)17-126-81-69(55(117)44(106)27(10-91)133-81)146-74-38(86-22(5)100)50(112)62(30(13-94)136-74)140-77-58(120)53(115)42(104)25(8-89)130-77/h18,24-82,88-96,102-124H,7-17H2,1-6H3,(H,83,97)(H,84,98)(H,85,99)(H,86,100)(H,87,101)/t18-,24+,25+,26+,27+,28+,29+,30+,31+,32+,33+,34+,35+,36+,37+,38+,39+,40+,41+,42-,43-,44+,45+,46-,47+,48+,49+,50+,51+,52+,53-,54-,55-,56-,57-,58+,59+,60+,61-,62+,63+,64+,65+,66+,67-,68+,69-,70-,71?,72-,73-,74-,75-,76+,77-,78+,79-,80-,81-,82+/m0/s1. The van der Waals surface area contributed by atoms with Gasteiger partial charge in [0.1, 0.15) is 287 Å². The lowest BCUT2D eigenvalue weighted by atomic mass is 9.93. The molecule has 60 atom stereocenters. The first kappa shape index (κ1) is 121. The van der Waals surface area contributed by atoms with Gasteiger partial charge in [0, 0.05) is 34.6 Å². The fourth-order valence-corrected chi connectivity index (χ4v) is 19.1. The fourth-order valence-electron chi connectivity index (χ4n) is 19.1. The minimum atomic E-state index is -2.88. The van der Waals surface area contributed by atoms with Gasteiger partial charge < -0.3 is 299 Å². The van der Waals surface area contributed by atoms with E-state index in [1.54, 1.807) is 0 Å². The molecular weight excluding hydrogens is 2010 g/mol. The van der Waals surface area contributed by atoms with Crippen molar-refractivity contribution >= 4 is 29.5 Å². The molecular formula is C82H137N5O60. The molecule has 850 valence electrons. The second-order valence-electron chi connectivity index (χ2n) is 37.3. The number of nitrogens with one attached hydrogen (secondary N) is 5. The van der Waals surface area contributed by atoms with Gasteiger partial charge in [0.05, 0.1) is 78.8 Å². The van der Waals surface area contributed by atoms with E-state index in [1.807, 2.05) is 0 Å². The fraction of sp³-hybridized carbons (Fsp3) is 0.939. The number of ether oxygens (including phenoxy) is 23. The highest BCUT2D eigenvalue weighted by Crippen LogP contribution is 2.43. The van der Waals surface area contributed by atoms with Crippen LogP contribution in [0.25, 0.3) is 0 Å². The monoisotopic (exact) mass is 2150 g/mol. The maximum Gasteiger partial charge on any atom is 0.217 e. The van der Waals surface area contributed by atoms with Crippen molar-refractivity contribution in [2.45, 2.75) is 410 Å². The molecule has 0 spiro atoms. The minimum Gasteiger partial charge on any atom is -0.394 e. The molecule has 12 fully saturated rings. The molecule has 65 nitrogen and oxygen atoms in total. The molecule has 12 aliphatic rings. The number of rotatable bonds is 38. The Hall–Kier alpha value is -4.85. The van der Waals surface area contributed by atoms with Gasteiger partial charge in [-0.2, -0.15) is 0 Å². The molecule has 0 radical (unpaired) electrons. The van der Waals surface area contributed by atoms with E-state index in [4.69, 9.17) is 109 Å². The Balaban J connectivity index is 0.947. The molecule has 37 N–H and O–H groups in total. The molecule has 0 aromatic rings. The second-order valence-corrected chi connectivity index (χ2v) is 37.3. The normalized spacial score (nSPS) is 49.6. The lowest BCUT2D eigenvalue weighted by Crippen LogP contribution is -2.72. The highest BCUT2D eigenvalue weighted by molar-refractivity contribution is 5.75. The Bertz CT molecular complexity index is 4110. The van der Waals surface area contributed by atoms with E-state index in [0.29, 0.717) is 0 Å². The first-order valence-corrected chi connectivity index (χ1v) is 47.0. The Morgan fingerprint density at radius 3 is 0.816 bits per heavy atom. The molecule has 1 unspecified atom stereocenters. The quantitative estimate of drug-likeness (QED) is 0.0273. The average molecular weight is 2150 g/mol. The first-order valence-electron chi connectivity index (χ1n) is 47.0. The Kier molecular flexibility index (Phi) is 43.4. The lowest BCUT2D eigenvalue weighted by Gasteiger charge is -2.52. The third-order valence-corrected chi connectivity index (χ3v) is 27.0.